The molecule has 0 spiro atoms. The number of rotatable bonds is 11. The quantitative estimate of drug-likeness (QED) is 0.212. The largest absolute Gasteiger partial charge is 0.492 e. The van der Waals surface area contributed by atoms with E-state index in [-0.39, 0.29) is 36.6 Å². The highest BCUT2D eigenvalue weighted by atomic mass is 19.3. The zero-order valence-corrected chi connectivity index (χ0v) is 26.3. The molecule has 0 bridgehead atoms. The van der Waals surface area contributed by atoms with Crippen LogP contribution < -0.4 is 4.74 Å². The molecule has 2 aliphatic rings. The highest BCUT2D eigenvalue weighted by molar-refractivity contribution is 5.92. The summed E-state index contributed by atoms with van der Waals surface area (Å²) in [6, 6.07) is 7.66. The van der Waals surface area contributed by atoms with E-state index in [1.54, 1.807) is 11.5 Å². The zero-order chi connectivity index (χ0) is 32.5. The maximum absolute atomic E-state index is 14.5. The number of fused-ring (bicyclic) bond motifs is 2. The Kier molecular flexibility index (Phi) is 9.37. The van der Waals surface area contributed by atoms with E-state index in [9.17, 15) is 23.1 Å². The number of likely N-dealkylation sites (tertiary alicyclic amines) is 1. The summed E-state index contributed by atoms with van der Waals surface area (Å²) in [6.45, 7) is 8.76. The summed E-state index contributed by atoms with van der Waals surface area (Å²) in [4.78, 5) is 20.0. The number of ether oxygens (including phenoxy) is 2. The molecule has 0 aliphatic carbocycles. The van der Waals surface area contributed by atoms with Crippen LogP contribution in [0.5, 0.6) is 5.75 Å². The van der Waals surface area contributed by atoms with Crippen molar-refractivity contribution in [1.82, 2.24) is 24.2 Å². The van der Waals surface area contributed by atoms with Gasteiger partial charge in [-0.1, -0.05) is 12.1 Å². The maximum Gasteiger partial charge on any atom is 0.337 e. The Labute approximate surface area is 265 Å². The smallest absolute Gasteiger partial charge is 0.337 e. The lowest BCUT2D eigenvalue weighted by Crippen LogP contribution is -2.39. The second-order valence-electron chi connectivity index (χ2n) is 12.3. The molecule has 246 valence electrons. The van der Waals surface area contributed by atoms with Crippen LogP contribution in [0.25, 0.3) is 22.0 Å². The Morgan fingerprint density at radius 3 is 2.59 bits per heavy atom. The summed E-state index contributed by atoms with van der Waals surface area (Å²) in [7, 11) is 0. The number of halogens is 3. The van der Waals surface area contributed by atoms with E-state index >= 15 is 0 Å². The van der Waals surface area contributed by atoms with Gasteiger partial charge in [-0.25, -0.2) is 22.9 Å². The van der Waals surface area contributed by atoms with E-state index in [2.05, 4.69) is 15.0 Å². The van der Waals surface area contributed by atoms with Gasteiger partial charge in [-0.15, -0.1) is 0 Å². The van der Waals surface area contributed by atoms with Gasteiger partial charge in [0.25, 0.3) is 6.43 Å². The number of aryl methyl sites for hydroxylation is 1. The number of carbonyl (C=O) groups is 1. The van der Waals surface area contributed by atoms with Crippen molar-refractivity contribution >= 4 is 16.9 Å². The third-order valence-corrected chi connectivity index (χ3v) is 9.31. The lowest BCUT2D eigenvalue weighted by Gasteiger charge is -2.33. The summed E-state index contributed by atoms with van der Waals surface area (Å²) >= 11 is 0. The van der Waals surface area contributed by atoms with E-state index in [1.165, 1.54) is 23.3 Å². The lowest BCUT2D eigenvalue weighted by atomic mass is 9.92. The van der Waals surface area contributed by atoms with Crippen LogP contribution in [0.1, 0.15) is 61.7 Å². The fourth-order valence-electron chi connectivity index (χ4n) is 6.73. The molecule has 2 unspecified atom stereocenters. The molecule has 0 radical (unpaired) electrons. The van der Waals surface area contributed by atoms with Crippen molar-refractivity contribution in [3.8, 4) is 16.9 Å². The number of benzene rings is 2. The molecule has 4 heterocycles. The van der Waals surface area contributed by atoms with Crippen LogP contribution in [0, 0.1) is 12.8 Å². The first-order valence-corrected chi connectivity index (χ1v) is 15.9. The number of imidazole rings is 1. The molecule has 12 heteroatoms. The third kappa shape index (κ3) is 6.37. The first-order chi connectivity index (χ1) is 22.1. The first-order valence-electron chi connectivity index (χ1n) is 15.9. The Bertz CT molecular complexity index is 1680. The van der Waals surface area contributed by atoms with Crippen LogP contribution in [0.15, 0.2) is 42.9 Å². The van der Waals surface area contributed by atoms with Crippen molar-refractivity contribution in [2.75, 3.05) is 32.8 Å². The van der Waals surface area contributed by atoms with Gasteiger partial charge in [0.05, 0.1) is 36.8 Å². The van der Waals surface area contributed by atoms with Crippen LogP contribution >= 0.6 is 0 Å². The number of aliphatic hydroxyl groups excluding tert-OH is 1. The number of alkyl halides is 3. The predicted molar refractivity (Wildman–Crippen MR) is 167 cm³/mol. The van der Waals surface area contributed by atoms with E-state index in [4.69, 9.17) is 9.47 Å². The first kappa shape index (κ1) is 32.1. The molecule has 1 saturated heterocycles. The normalized spacial score (nSPS) is 18.7. The second-order valence-corrected chi connectivity index (χ2v) is 12.3. The summed E-state index contributed by atoms with van der Waals surface area (Å²) < 4.78 is 57.5. The van der Waals surface area contributed by atoms with E-state index in [0.717, 1.165) is 38.0 Å². The van der Waals surface area contributed by atoms with Crippen molar-refractivity contribution in [2.24, 2.45) is 5.92 Å². The Morgan fingerprint density at radius 2 is 1.91 bits per heavy atom. The molecule has 3 atom stereocenters. The van der Waals surface area contributed by atoms with E-state index in [1.807, 2.05) is 38.1 Å². The molecule has 1 fully saturated rings. The molecule has 2 aromatic heterocycles. The number of hydrogen-bond acceptors (Lipinski definition) is 7. The molecule has 2 aliphatic heterocycles. The summed E-state index contributed by atoms with van der Waals surface area (Å²) in [5, 5.41) is 14.7. The van der Waals surface area contributed by atoms with Gasteiger partial charge in [-0.2, -0.15) is 5.10 Å². The van der Waals surface area contributed by atoms with E-state index < -0.39 is 24.6 Å². The van der Waals surface area contributed by atoms with Gasteiger partial charge in [0.2, 0.25) is 0 Å². The minimum Gasteiger partial charge on any atom is -0.492 e. The number of hydrogen-bond donors (Lipinski definition) is 1. The van der Waals surface area contributed by atoms with Crippen LogP contribution in [-0.4, -0.2) is 80.4 Å². The van der Waals surface area contributed by atoms with Crippen LogP contribution in [0.4, 0.5) is 13.2 Å². The Hall–Kier alpha value is -3.90. The fraction of sp³-hybridized carbons (Fsp3) is 0.500. The van der Waals surface area contributed by atoms with Gasteiger partial charge in [-0.3, -0.25) is 9.58 Å². The highest BCUT2D eigenvalue weighted by Gasteiger charge is 2.35. The number of aliphatic hydroxyl groups is 1. The van der Waals surface area contributed by atoms with Crippen molar-refractivity contribution < 1.29 is 32.5 Å². The highest BCUT2D eigenvalue weighted by Crippen LogP contribution is 2.38. The average molecular weight is 640 g/mol. The molecule has 6 rings (SSSR count). The monoisotopic (exact) mass is 639 g/mol. The number of carbonyl (C=O) groups excluding carboxylic acids is 1. The van der Waals surface area contributed by atoms with Crippen molar-refractivity contribution in [3.05, 3.63) is 65.4 Å². The third-order valence-electron chi connectivity index (χ3n) is 9.31. The maximum atomic E-state index is 14.5. The van der Waals surface area contributed by atoms with Crippen LogP contribution in [0.3, 0.4) is 0 Å². The number of esters is 1. The molecule has 0 amide bonds. The minimum absolute atomic E-state index is 0.0971. The van der Waals surface area contributed by atoms with Gasteiger partial charge in [0, 0.05) is 35.8 Å². The van der Waals surface area contributed by atoms with Crippen LogP contribution in [0.2, 0.25) is 0 Å². The number of aromatic nitrogens is 4. The Balaban J connectivity index is 1.25. The number of nitrogens with zero attached hydrogens (tertiary/aromatic N) is 5. The SMILES string of the molecule is CCOC(=O)C(c1ncn2c1C[C@@H](F)C2)n1cc2c(C(F)F)cc(-c3ccc(OCCN4CCC(C(C)O)CC4)cc3)c(C)c2n1. The standard InChI is InChI=1S/C34H40F3N5O4/c1-4-45-34(44)32(31-29-15-24(35)17-41(29)19-38-31)42-18-28-27(33(36)37)16-26(20(2)30(28)39-42)23-5-7-25(8-6-23)46-14-13-40-11-9-22(10-12-40)21(3)43/h5-8,16,18-19,21-22,24,32-33,43H,4,9-15,17H2,1-3H3/t21?,24-,32?/m1/s1. The van der Waals surface area contributed by atoms with Crippen molar-refractivity contribution in [1.29, 1.82) is 0 Å². The van der Waals surface area contributed by atoms with Gasteiger partial charge in [0.15, 0.2) is 6.04 Å². The molecule has 46 heavy (non-hydrogen) atoms. The van der Waals surface area contributed by atoms with Crippen molar-refractivity contribution in [3.63, 3.8) is 0 Å². The Morgan fingerprint density at radius 1 is 1.17 bits per heavy atom. The molecule has 2 aromatic carbocycles. The molecular formula is C34H40F3N5O4. The van der Waals surface area contributed by atoms with E-state index in [0.29, 0.717) is 46.3 Å². The second kappa shape index (κ2) is 13.4. The molecular weight excluding hydrogens is 599 g/mol. The van der Waals surface area contributed by atoms with Crippen molar-refractivity contribution in [2.45, 2.75) is 71.3 Å². The average Bonchev–Trinajstić information content (AvgIpc) is 3.74. The number of piperidine rings is 1. The fourth-order valence-corrected chi connectivity index (χ4v) is 6.73. The van der Waals surface area contributed by atoms with Gasteiger partial charge in [-0.05, 0) is 87.5 Å². The summed E-state index contributed by atoms with van der Waals surface area (Å²) in [6.07, 6.45) is 0.812. The molecule has 0 saturated carbocycles. The molecule has 4 aromatic rings. The summed E-state index contributed by atoms with van der Waals surface area (Å²) in [5.74, 6) is 0.393. The van der Waals surface area contributed by atoms with Gasteiger partial charge in [0.1, 0.15) is 18.5 Å². The van der Waals surface area contributed by atoms with Gasteiger partial charge < -0.3 is 19.1 Å². The molecule has 9 nitrogen and oxygen atoms in total. The minimum atomic E-state index is -2.79. The lowest BCUT2D eigenvalue weighted by molar-refractivity contribution is -0.146. The summed E-state index contributed by atoms with van der Waals surface area (Å²) in [5.41, 5.74) is 3.00. The topological polar surface area (TPSA) is 94.6 Å². The van der Waals surface area contributed by atoms with Gasteiger partial charge >= 0.3 is 5.97 Å². The zero-order valence-electron chi connectivity index (χ0n) is 26.3. The van der Waals surface area contributed by atoms with Crippen LogP contribution in [-0.2, 0) is 22.5 Å². The predicted octanol–water partition coefficient (Wildman–Crippen LogP) is 5.66. The molecule has 1 N–H and O–H groups in total.